The van der Waals surface area contributed by atoms with Gasteiger partial charge < -0.3 is 11.1 Å². The lowest BCUT2D eigenvalue weighted by Gasteiger charge is -2.40. The molecule has 88 valence electrons. The molecule has 0 aromatic carbocycles. The van der Waals surface area contributed by atoms with Crippen molar-refractivity contribution >= 4 is 5.91 Å². The SMILES string of the molecule is CCCC(C)NC(=O)C(C)N1CC(N)C1. The molecule has 2 unspecified atom stereocenters. The number of amides is 1. The van der Waals surface area contributed by atoms with Crippen molar-refractivity contribution in [3.8, 4) is 0 Å². The quantitative estimate of drug-likeness (QED) is 0.691. The zero-order valence-electron chi connectivity index (χ0n) is 9.99. The van der Waals surface area contributed by atoms with Gasteiger partial charge in [-0.1, -0.05) is 13.3 Å². The van der Waals surface area contributed by atoms with E-state index in [-0.39, 0.29) is 24.0 Å². The fourth-order valence-corrected chi connectivity index (χ4v) is 1.90. The Morgan fingerprint density at radius 1 is 1.53 bits per heavy atom. The topological polar surface area (TPSA) is 58.4 Å². The van der Waals surface area contributed by atoms with E-state index in [0.29, 0.717) is 0 Å². The number of nitrogens with zero attached hydrogens (tertiary/aromatic N) is 1. The summed E-state index contributed by atoms with van der Waals surface area (Å²) in [6, 6.07) is 0.498. The van der Waals surface area contributed by atoms with Gasteiger partial charge in [-0.25, -0.2) is 0 Å². The van der Waals surface area contributed by atoms with E-state index < -0.39 is 0 Å². The third kappa shape index (κ3) is 3.47. The molecule has 1 amide bonds. The van der Waals surface area contributed by atoms with Crippen molar-refractivity contribution in [2.24, 2.45) is 5.73 Å². The second-order valence-electron chi connectivity index (χ2n) is 4.59. The van der Waals surface area contributed by atoms with Crippen LogP contribution in [-0.2, 0) is 4.79 Å². The predicted octanol–water partition coefficient (Wildman–Crippen LogP) is 0.323. The Bertz CT molecular complexity index is 214. The van der Waals surface area contributed by atoms with Crippen LogP contribution in [0.2, 0.25) is 0 Å². The minimum absolute atomic E-state index is 0.0379. The van der Waals surface area contributed by atoms with Gasteiger partial charge in [-0.3, -0.25) is 9.69 Å². The summed E-state index contributed by atoms with van der Waals surface area (Å²) in [5.74, 6) is 0.128. The molecule has 4 heteroatoms. The van der Waals surface area contributed by atoms with Crippen LogP contribution in [0.25, 0.3) is 0 Å². The number of carbonyl (C=O) groups excluding carboxylic acids is 1. The average molecular weight is 213 g/mol. The van der Waals surface area contributed by atoms with Crippen molar-refractivity contribution in [2.45, 2.75) is 51.7 Å². The van der Waals surface area contributed by atoms with Crippen molar-refractivity contribution < 1.29 is 4.79 Å². The number of nitrogens with one attached hydrogen (secondary N) is 1. The molecule has 3 N–H and O–H groups in total. The molecule has 0 aromatic heterocycles. The van der Waals surface area contributed by atoms with Crippen LogP contribution in [0.3, 0.4) is 0 Å². The van der Waals surface area contributed by atoms with E-state index in [4.69, 9.17) is 5.73 Å². The van der Waals surface area contributed by atoms with Crippen LogP contribution in [0.1, 0.15) is 33.6 Å². The number of carbonyl (C=O) groups is 1. The summed E-state index contributed by atoms with van der Waals surface area (Å²) in [7, 11) is 0. The van der Waals surface area contributed by atoms with Gasteiger partial charge in [0.05, 0.1) is 6.04 Å². The molecule has 0 spiro atoms. The van der Waals surface area contributed by atoms with Gasteiger partial charge in [0.25, 0.3) is 0 Å². The van der Waals surface area contributed by atoms with Gasteiger partial charge in [-0.15, -0.1) is 0 Å². The molecule has 0 radical (unpaired) electrons. The molecule has 1 saturated heterocycles. The first-order chi connectivity index (χ1) is 7.04. The van der Waals surface area contributed by atoms with Crippen LogP contribution in [-0.4, -0.2) is 42.0 Å². The van der Waals surface area contributed by atoms with Gasteiger partial charge in [0.1, 0.15) is 0 Å². The second-order valence-corrected chi connectivity index (χ2v) is 4.59. The normalized spacial score (nSPS) is 21.9. The molecule has 0 saturated carbocycles. The van der Waals surface area contributed by atoms with E-state index in [1.807, 2.05) is 6.92 Å². The van der Waals surface area contributed by atoms with Gasteiger partial charge in [0, 0.05) is 25.2 Å². The van der Waals surface area contributed by atoms with Crippen molar-refractivity contribution in [2.75, 3.05) is 13.1 Å². The molecule has 1 rings (SSSR count). The molecule has 0 aromatic rings. The van der Waals surface area contributed by atoms with E-state index in [1.54, 1.807) is 0 Å². The van der Waals surface area contributed by atoms with Crippen molar-refractivity contribution in [3.63, 3.8) is 0 Å². The molecule has 1 heterocycles. The summed E-state index contributed by atoms with van der Waals surface area (Å²) in [5.41, 5.74) is 5.68. The summed E-state index contributed by atoms with van der Waals surface area (Å²) in [4.78, 5) is 13.9. The van der Waals surface area contributed by atoms with Crippen molar-refractivity contribution in [3.05, 3.63) is 0 Å². The molecule has 0 aliphatic carbocycles. The predicted molar refractivity (Wildman–Crippen MR) is 61.5 cm³/mol. The molecule has 1 aliphatic rings. The number of nitrogens with two attached hydrogens (primary N) is 1. The van der Waals surface area contributed by atoms with Crippen LogP contribution in [0, 0.1) is 0 Å². The lowest BCUT2D eigenvalue weighted by Crippen LogP contribution is -2.62. The molecule has 4 nitrogen and oxygen atoms in total. The van der Waals surface area contributed by atoms with Gasteiger partial charge in [0.15, 0.2) is 0 Å². The third-order valence-electron chi connectivity index (χ3n) is 2.98. The molecule has 15 heavy (non-hydrogen) atoms. The first-order valence-electron chi connectivity index (χ1n) is 5.84. The largest absolute Gasteiger partial charge is 0.352 e. The van der Waals surface area contributed by atoms with Gasteiger partial charge in [0.2, 0.25) is 5.91 Å². The Kier molecular flexibility index (Phi) is 4.54. The minimum Gasteiger partial charge on any atom is -0.352 e. The van der Waals surface area contributed by atoms with E-state index >= 15 is 0 Å². The molecule has 1 fully saturated rings. The number of likely N-dealkylation sites (tertiary alicyclic amines) is 1. The van der Waals surface area contributed by atoms with Crippen LogP contribution < -0.4 is 11.1 Å². The molecular formula is C11H23N3O. The summed E-state index contributed by atoms with van der Waals surface area (Å²) < 4.78 is 0. The molecule has 0 bridgehead atoms. The lowest BCUT2D eigenvalue weighted by molar-refractivity contribution is -0.128. The third-order valence-corrected chi connectivity index (χ3v) is 2.98. The van der Waals surface area contributed by atoms with Crippen LogP contribution in [0.4, 0.5) is 0 Å². The Morgan fingerprint density at radius 2 is 2.13 bits per heavy atom. The maximum absolute atomic E-state index is 11.8. The van der Waals surface area contributed by atoms with Crippen molar-refractivity contribution in [1.82, 2.24) is 10.2 Å². The van der Waals surface area contributed by atoms with E-state index in [2.05, 4.69) is 24.1 Å². The second kappa shape index (κ2) is 5.47. The van der Waals surface area contributed by atoms with E-state index in [9.17, 15) is 4.79 Å². The maximum Gasteiger partial charge on any atom is 0.237 e. The Labute approximate surface area is 92.2 Å². The van der Waals surface area contributed by atoms with Gasteiger partial charge in [-0.2, -0.15) is 0 Å². The van der Waals surface area contributed by atoms with Crippen LogP contribution in [0.15, 0.2) is 0 Å². The fourth-order valence-electron chi connectivity index (χ4n) is 1.90. The lowest BCUT2D eigenvalue weighted by atomic mass is 10.1. The Morgan fingerprint density at radius 3 is 2.60 bits per heavy atom. The first-order valence-corrected chi connectivity index (χ1v) is 5.84. The number of rotatable bonds is 5. The molecule has 1 aliphatic heterocycles. The Hall–Kier alpha value is -0.610. The highest BCUT2D eigenvalue weighted by atomic mass is 16.2. The van der Waals surface area contributed by atoms with E-state index in [0.717, 1.165) is 25.9 Å². The van der Waals surface area contributed by atoms with E-state index in [1.165, 1.54) is 0 Å². The maximum atomic E-state index is 11.8. The smallest absolute Gasteiger partial charge is 0.237 e. The van der Waals surface area contributed by atoms with Crippen molar-refractivity contribution in [1.29, 1.82) is 0 Å². The first kappa shape index (κ1) is 12.5. The van der Waals surface area contributed by atoms with Crippen LogP contribution in [0.5, 0.6) is 0 Å². The summed E-state index contributed by atoms with van der Waals surface area (Å²) in [6.07, 6.45) is 2.14. The number of hydrogen-bond donors (Lipinski definition) is 2. The summed E-state index contributed by atoms with van der Waals surface area (Å²) in [6.45, 7) is 7.81. The Balaban J connectivity index is 2.27. The standard InChI is InChI=1S/C11H23N3O/c1-4-5-8(2)13-11(15)9(3)14-6-10(12)7-14/h8-10H,4-7,12H2,1-3H3,(H,13,15). The summed E-state index contributed by atoms with van der Waals surface area (Å²) >= 11 is 0. The van der Waals surface area contributed by atoms with Gasteiger partial charge in [-0.05, 0) is 20.3 Å². The fraction of sp³-hybridized carbons (Fsp3) is 0.909. The highest BCUT2D eigenvalue weighted by Gasteiger charge is 2.31. The highest BCUT2D eigenvalue weighted by molar-refractivity contribution is 5.81. The monoisotopic (exact) mass is 213 g/mol. The summed E-state index contributed by atoms with van der Waals surface area (Å²) in [5, 5.41) is 3.02. The zero-order valence-corrected chi connectivity index (χ0v) is 9.99. The van der Waals surface area contributed by atoms with Gasteiger partial charge >= 0.3 is 0 Å². The highest BCUT2D eigenvalue weighted by Crippen LogP contribution is 2.10. The zero-order chi connectivity index (χ0) is 11.4. The minimum atomic E-state index is -0.0379. The van der Waals surface area contributed by atoms with Crippen LogP contribution >= 0.6 is 0 Å². The molecule has 2 atom stereocenters. The number of hydrogen-bond acceptors (Lipinski definition) is 3. The molecular weight excluding hydrogens is 190 g/mol. The average Bonchev–Trinajstić information content (AvgIpc) is 2.12.